The Morgan fingerprint density at radius 1 is 1.27 bits per heavy atom. The van der Waals surface area contributed by atoms with Crippen LogP contribution in [-0.4, -0.2) is 68.6 Å². The van der Waals surface area contributed by atoms with Crippen molar-refractivity contribution in [1.29, 1.82) is 0 Å². The Bertz CT molecular complexity index is 508. The molecule has 1 aliphatic carbocycles. The standard InChI is InChI=1S/C15H26N2O4S/c18-14(10-13-11-21-8-6-16-13)17-7-9-22(19,20)15(12-17)4-2-1-3-5-15/h13,16H,1-12H2. The molecule has 0 radical (unpaired) electrons. The molecule has 2 heterocycles. The molecule has 0 aromatic carbocycles. The van der Waals surface area contributed by atoms with E-state index in [-0.39, 0.29) is 17.7 Å². The Morgan fingerprint density at radius 3 is 2.73 bits per heavy atom. The fourth-order valence-corrected chi connectivity index (χ4v) is 6.10. The first-order valence-electron chi connectivity index (χ1n) is 8.34. The number of nitrogens with zero attached hydrogens (tertiary/aromatic N) is 1. The summed E-state index contributed by atoms with van der Waals surface area (Å²) in [5.41, 5.74) is 0. The maximum absolute atomic E-state index is 12.5. The number of hydrogen-bond acceptors (Lipinski definition) is 5. The van der Waals surface area contributed by atoms with Gasteiger partial charge in [-0.05, 0) is 12.8 Å². The summed E-state index contributed by atoms with van der Waals surface area (Å²) in [7, 11) is -3.08. The molecular weight excluding hydrogens is 304 g/mol. The lowest BCUT2D eigenvalue weighted by Gasteiger charge is -2.44. The largest absolute Gasteiger partial charge is 0.378 e. The zero-order chi connectivity index (χ0) is 15.6. The van der Waals surface area contributed by atoms with E-state index in [4.69, 9.17) is 4.74 Å². The summed E-state index contributed by atoms with van der Waals surface area (Å²) in [6.07, 6.45) is 4.84. The van der Waals surface area contributed by atoms with Crippen LogP contribution >= 0.6 is 0 Å². The normalized spacial score (nSPS) is 31.1. The van der Waals surface area contributed by atoms with Crippen LogP contribution in [-0.2, 0) is 19.4 Å². The third-order valence-corrected chi connectivity index (χ3v) is 7.88. The maximum Gasteiger partial charge on any atom is 0.224 e. The lowest BCUT2D eigenvalue weighted by Crippen LogP contribution is -2.59. The predicted octanol–water partition coefficient (Wildman–Crippen LogP) is 0.325. The maximum atomic E-state index is 12.5. The Kier molecular flexibility index (Phi) is 4.75. The minimum absolute atomic E-state index is 0.0575. The second-order valence-electron chi connectivity index (χ2n) is 6.81. The number of amides is 1. The molecule has 6 nitrogen and oxygen atoms in total. The van der Waals surface area contributed by atoms with Crippen LogP contribution in [0.1, 0.15) is 38.5 Å². The van der Waals surface area contributed by atoms with Crippen LogP contribution in [0.15, 0.2) is 0 Å². The first kappa shape index (κ1) is 16.2. The minimum atomic E-state index is -3.08. The Morgan fingerprint density at radius 2 is 2.05 bits per heavy atom. The van der Waals surface area contributed by atoms with Gasteiger partial charge < -0.3 is 15.0 Å². The van der Waals surface area contributed by atoms with Crippen molar-refractivity contribution in [2.24, 2.45) is 0 Å². The molecule has 0 bridgehead atoms. The number of sulfone groups is 1. The molecular formula is C15H26N2O4S. The molecule has 1 spiro atoms. The van der Waals surface area contributed by atoms with Crippen molar-refractivity contribution >= 4 is 15.7 Å². The molecule has 1 N–H and O–H groups in total. The number of nitrogens with one attached hydrogen (secondary N) is 1. The van der Waals surface area contributed by atoms with Crippen LogP contribution in [0.25, 0.3) is 0 Å². The molecule has 1 saturated carbocycles. The van der Waals surface area contributed by atoms with Gasteiger partial charge in [-0.1, -0.05) is 19.3 Å². The van der Waals surface area contributed by atoms with Gasteiger partial charge in [0.25, 0.3) is 0 Å². The molecule has 1 atom stereocenters. The van der Waals surface area contributed by atoms with Gasteiger partial charge >= 0.3 is 0 Å². The fraction of sp³-hybridized carbons (Fsp3) is 0.933. The van der Waals surface area contributed by atoms with E-state index in [2.05, 4.69) is 5.32 Å². The van der Waals surface area contributed by atoms with Crippen molar-refractivity contribution < 1.29 is 17.9 Å². The lowest BCUT2D eigenvalue weighted by atomic mass is 9.87. The van der Waals surface area contributed by atoms with E-state index >= 15 is 0 Å². The van der Waals surface area contributed by atoms with Crippen LogP contribution < -0.4 is 5.32 Å². The zero-order valence-electron chi connectivity index (χ0n) is 13.1. The van der Waals surface area contributed by atoms with E-state index in [1.807, 2.05) is 0 Å². The molecule has 1 amide bonds. The number of morpholine rings is 1. The summed E-state index contributed by atoms with van der Waals surface area (Å²) >= 11 is 0. The average molecular weight is 330 g/mol. The van der Waals surface area contributed by atoms with E-state index in [1.54, 1.807) is 4.90 Å². The highest BCUT2D eigenvalue weighted by atomic mass is 32.2. The number of ether oxygens (including phenoxy) is 1. The van der Waals surface area contributed by atoms with Crippen molar-refractivity contribution in [3.63, 3.8) is 0 Å². The molecule has 126 valence electrons. The average Bonchev–Trinajstić information content (AvgIpc) is 2.52. The summed E-state index contributed by atoms with van der Waals surface area (Å²) in [6.45, 7) is 2.76. The molecule has 3 fully saturated rings. The van der Waals surface area contributed by atoms with Crippen LogP contribution in [0.2, 0.25) is 0 Å². The van der Waals surface area contributed by atoms with E-state index in [0.717, 1.165) is 25.8 Å². The quantitative estimate of drug-likeness (QED) is 0.789. The van der Waals surface area contributed by atoms with Gasteiger partial charge in [0.15, 0.2) is 9.84 Å². The molecule has 1 unspecified atom stereocenters. The van der Waals surface area contributed by atoms with Gasteiger partial charge in [0, 0.05) is 32.1 Å². The topological polar surface area (TPSA) is 75.7 Å². The molecule has 0 aromatic rings. The van der Waals surface area contributed by atoms with E-state index in [0.29, 0.717) is 45.6 Å². The van der Waals surface area contributed by atoms with Crippen molar-refractivity contribution in [3.8, 4) is 0 Å². The van der Waals surface area contributed by atoms with Gasteiger partial charge in [-0.3, -0.25) is 4.79 Å². The van der Waals surface area contributed by atoms with Gasteiger partial charge in [-0.25, -0.2) is 8.42 Å². The molecule has 7 heteroatoms. The monoisotopic (exact) mass is 330 g/mol. The smallest absolute Gasteiger partial charge is 0.224 e. The molecule has 2 aliphatic heterocycles. The van der Waals surface area contributed by atoms with Gasteiger partial charge in [0.05, 0.1) is 23.7 Å². The number of carbonyl (C=O) groups is 1. The summed E-state index contributed by atoms with van der Waals surface area (Å²) < 4.78 is 29.8. The van der Waals surface area contributed by atoms with Crippen molar-refractivity contribution in [2.45, 2.75) is 49.3 Å². The highest BCUT2D eigenvalue weighted by Crippen LogP contribution is 2.38. The summed E-state index contributed by atoms with van der Waals surface area (Å²) in [4.78, 5) is 14.3. The third-order valence-electron chi connectivity index (χ3n) is 5.31. The summed E-state index contributed by atoms with van der Waals surface area (Å²) in [5.74, 6) is 0.177. The molecule has 0 aromatic heterocycles. The van der Waals surface area contributed by atoms with Crippen molar-refractivity contribution in [1.82, 2.24) is 10.2 Å². The second-order valence-corrected chi connectivity index (χ2v) is 9.31. The van der Waals surface area contributed by atoms with Crippen molar-refractivity contribution in [2.75, 3.05) is 38.6 Å². The summed E-state index contributed by atoms with van der Waals surface area (Å²) in [6, 6.07) is 0.0575. The minimum Gasteiger partial charge on any atom is -0.378 e. The zero-order valence-corrected chi connectivity index (χ0v) is 13.9. The van der Waals surface area contributed by atoms with Crippen LogP contribution in [0.5, 0.6) is 0 Å². The molecule has 22 heavy (non-hydrogen) atoms. The van der Waals surface area contributed by atoms with Crippen molar-refractivity contribution in [3.05, 3.63) is 0 Å². The Balaban J connectivity index is 1.66. The van der Waals surface area contributed by atoms with E-state index < -0.39 is 14.6 Å². The predicted molar refractivity (Wildman–Crippen MR) is 83.4 cm³/mol. The van der Waals surface area contributed by atoms with Crippen LogP contribution in [0.4, 0.5) is 0 Å². The molecule has 3 rings (SSSR count). The Labute approximate surface area is 132 Å². The fourth-order valence-electron chi connectivity index (χ4n) is 3.94. The van der Waals surface area contributed by atoms with Gasteiger partial charge in [0.2, 0.25) is 5.91 Å². The second kappa shape index (κ2) is 6.45. The summed E-state index contributed by atoms with van der Waals surface area (Å²) in [5, 5.41) is 3.29. The third kappa shape index (κ3) is 3.16. The molecule has 2 saturated heterocycles. The Hall–Kier alpha value is -0.660. The number of carbonyl (C=O) groups excluding carboxylic acids is 1. The lowest BCUT2D eigenvalue weighted by molar-refractivity contribution is -0.133. The number of rotatable bonds is 2. The highest BCUT2D eigenvalue weighted by Gasteiger charge is 2.49. The van der Waals surface area contributed by atoms with E-state index in [1.165, 1.54) is 0 Å². The van der Waals surface area contributed by atoms with Crippen LogP contribution in [0, 0.1) is 0 Å². The molecule has 3 aliphatic rings. The SMILES string of the molecule is O=C(CC1COCCN1)N1CCS(=O)(=O)C2(CCCCC2)C1. The van der Waals surface area contributed by atoms with E-state index in [9.17, 15) is 13.2 Å². The van der Waals surface area contributed by atoms with Gasteiger partial charge in [-0.15, -0.1) is 0 Å². The van der Waals surface area contributed by atoms with Gasteiger partial charge in [0.1, 0.15) is 0 Å². The van der Waals surface area contributed by atoms with Gasteiger partial charge in [-0.2, -0.15) is 0 Å². The first-order valence-corrected chi connectivity index (χ1v) is 9.99. The first-order chi connectivity index (χ1) is 10.5. The van der Waals surface area contributed by atoms with Crippen LogP contribution in [0.3, 0.4) is 0 Å². The number of hydrogen-bond donors (Lipinski definition) is 1. The highest BCUT2D eigenvalue weighted by molar-refractivity contribution is 7.92.